The summed E-state index contributed by atoms with van der Waals surface area (Å²) in [6, 6.07) is 9.32. The third kappa shape index (κ3) is 3.83. The normalized spacial score (nSPS) is 12.0. The van der Waals surface area contributed by atoms with Gasteiger partial charge in [-0.05, 0) is 53.3 Å². The van der Waals surface area contributed by atoms with Gasteiger partial charge < -0.3 is 0 Å². The van der Waals surface area contributed by atoms with E-state index in [1.807, 2.05) is 6.07 Å². The molecular formula is C17H22O3S. The van der Waals surface area contributed by atoms with E-state index in [4.69, 9.17) is 0 Å². The lowest BCUT2D eigenvalue weighted by atomic mass is 9.97. The second kappa shape index (κ2) is 6.58. The zero-order valence-electron chi connectivity index (χ0n) is 12.6. The molecule has 0 amide bonds. The van der Waals surface area contributed by atoms with E-state index in [1.54, 1.807) is 12.1 Å². The molecule has 0 aliphatic carbocycles. The van der Waals surface area contributed by atoms with Crippen molar-refractivity contribution in [1.82, 2.24) is 0 Å². The number of benzene rings is 2. The fraction of sp³-hybridized carbons (Fsp3) is 0.412. The molecule has 0 bridgehead atoms. The molecule has 0 unspecified atom stereocenters. The van der Waals surface area contributed by atoms with Gasteiger partial charge in [-0.2, -0.15) is 8.42 Å². The van der Waals surface area contributed by atoms with Crippen LogP contribution in [-0.2, 0) is 23.0 Å². The molecule has 0 radical (unpaired) electrons. The maximum atomic E-state index is 11.5. The molecule has 0 saturated heterocycles. The largest absolute Gasteiger partial charge is 0.294 e. The van der Waals surface area contributed by atoms with Gasteiger partial charge in [0.25, 0.3) is 10.1 Å². The highest BCUT2D eigenvalue weighted by molar-refractivity contribution is 7.85. The minimum Gasteiger partial charge on any atom is -0.282 e. The summed E-state index contributed by atoms with van der Waals surface area (Å²) in [7, 11) is -4.17. The summed E-state index contributed by atoms with van der Waals surface area (Å²) in [6.45, 7) is 4.20. The topological polar surface area (TPSA) is 54.4 Å². The summed E-state index contributed by atoms with van der Waals surface area (Å²) in [5.41, 5.74) is 2.16. The molecular weight excluding hydrogens is 284 g/mol. The lowest BCUT2D eigenvalue weighted by Gasteiger charge is -2.10. The number of unbranched alkanes of at least 4 members (excludes halogenated alkanes) is 2. The standard InChI is InChI=1S/C17H22O3S/c1-3-5-6-7-14-11-16(21(18,19)20)12-15-10-13(4-2)8-9-17(14)15/h8-12H,3-7H2,1-2H3,(H,18,19,20). The maximum Gasteiger partial charge on any atom is 0.294 e. The van der Waals surface area contributed by atoms with E-state index in [1.165, 1.54) is 0 Å². The Bertz CT molecular complexity index is 733. The van der Waals surface area contributed by atoms with Gasteiger partial charge in [0.1, 0.15) is 0 Å². The predicted octanol–water partition coefficient (Wildman–Crippen LogP) is 4.38. The van der Waals surface area contributed by atoms with Crippen LogP contribution in [0.4, 0.5) is 0 Å². The number of fused-ring (bicyclic) bond motifs is 1. The van der Waals surface area contributed by atoms with Crippen molar-refractivity contribution in [1.29, 1.82) is 0 Å². The van der Waals surface area contributed by atoms with Crippen LogP contribution in [0.2, 0.25) is 0 Å². The molecule has 3 nitrogen and oxygen atoms in total. The van der Waals surface area contributed by atoms with Crippen molar-refractivity contribution in [2.75, 3.05) is 0 Å². The zero-order chi connectivity index (χ0) is 15.5. The van der Waals surface area contributed by atoms with Gasteiger partial charge >= 0.3 is 0 Å². The van der Waals surface area contributed by atoms with E-state index in [0.29, 0.717) is 0 Å². The fourth-order valence-electron chi connectivity index (χ4n) is 2.61. The van der Waals surface area contributed by atoms with Crippen molar-refractivity contribution < 1.29 is 13.0 Å². The van der Waals surface area contributed by atoms with E-state index in [0.717, 1.165) is 54.0 Å². The molecule has 2 aromatic rings. The first-order valence-corrected chi connectivity index (χ1v) is 8.92. The van der Waals surface area contributed by atoms with E-state index >= 15 is 0 Å². The summed E-state index contributed by atoms with van der Waals surface area (Å²) in [5, 5.41) is 1.96. The molecule has 2 aromatic carbocycles. The number of aryl methyl sites for hydroxylation is 2. The van der Waals surface area contributed by atoms with Crippen molar-refractivity contribution in [2.45, 2.75) is 50.8 Å². The first kappa shape index (κ1) is 16.0. The molecule has 0 aliphatic heterocycles. The number of rotatable bonds is 6. The number of hydrogen-bond donors (Lipinski definition) is 1. The minimum absolute atomic E-state index is 0.00486. The first-order valence-electron chi connectivity index (χ1n) is 7.48. The predicted molar refractivity (Wildman–Crippen MR) is 86.4 cm³/mol. The monoisotopic (exact) mass is 306 g/mol. The van der Waals surface area contributed by atoms with Crippen LogP contribution in [0.3, 0.4) is 0 Å². The van der Waals surface area contributed by atoms with Gasteiger partial charge in [-0.1, -0.05) is 44.9 Å². The maximum absolute atomic E-state index is 11.5. The van der Waals surface area contributed by atoms with E-state index in [-0.39, 0.29) is 4.90 Å². The summed E-state index contributed by atoms with van der Waals surface area (Å²) < 4.78 is 32.3. The zero-order valence-corrected chi connectivity index (χ0v) is 13.4. The van der Waals surface area contributed by atoms with Gasteiger partial charge in [0.15, 0.2) is 0 Å². The van der Waals surface area contributed by atoms with Crippen LogP contribution < -0.4 is 0 Å². The average Bonchev–Trinajstić information content (AvgIpc) is 2.45. The van der Waals surface area contributed by atoms with Crippen molar-refractivity contribution in [3.8, 4) is 0 Å². The molecule has 0 fully saturated rings. The third-order valence-electron chi connectivity index (χ3n) is 3.83. The molecule has 0 atom stereocenters. The van der Waals surface area contributed by atoms with Gasteiger partial charge in [-0.3, -0.25) is 4.55 Å². The van der Waals surface area contributed by atoms with Crippen LogP contribution in [0, 0.1) is 0 Å². The quantitative estimate of drug-likeness (QED) is 0.636. The molecule has 4 heteroatoms. The Balaban J connectivity index is 2.57. The smallest absolute Gasteiger partial charge is 0.282 e. The molecule has 114 valence electrons. The molecule has 0 aliphatic rings. The molecule has 2 rings (SSSR count). The average molecular weight is 306 g/mol. The SMILES string of the molecule is CCCCCc1cc(S(=O)(=O)O)cc2cc(CC)ccc12. The Labute approximate surface area is 126 Å². The highest BCUT2D eigenvalue weighted by Crippen LogP contribution is 2.26. The Morgan fingerprint density at radius 1 is 1.05 bits per heavy atom. The first-order chi connectivity index (χ1) is 9.95. The second-order valence-electron chi connectivity index (χ2n) is 5.42. The van der Waals surface area contributed by atoms with Crippen molar-refractivity contribution in [2.24, 2.45) is 0 Å². The highest BCUT2D eigenvalue weighted by atomic mass is 32.2. The molecule has 21 heavy (non-hydrogen) atoms. The van der Waals surface area contributed by atoms with E-state index in [9.17, 15) is 13.0 Å². The summed E-state index contributed by atoms with van der Waals surface area (Å²) >= 11 is 0. The Kier molecular flexibility index (Phi) is 5.01. The number of hydrogen-bond acceptors (Lipinski definition) is 2. The van der Waals surface area contributed by atoms with E-state index in [2.05, 4.69) is 26.0 Å². The molecule has 0 spiro atoms. The summed E-state index contributed by atoms with van der Waals surface area (Å²) in [6.07, 6.45) is 4.99. The van der Waals surface area contributed by atoms with Crippen molar-refractivity contribution in [3.05, 3.63) is 41.5 Å². The van der Waals surface area contributed by atoms with Crippen molar-refractivity contribution in [3.63, 3.8) is 0 Å². The second-order valence-corrected chi connectivity index (χ2v) is 6.85. The third-order valence-corrected chi connectivity index (χ3v) is 4.66. The minimum atomic E-state index is -4.17. The highest BCUT2D eigenvalue weighted by Gasteiger charge is 2.13. The van der Waals surface area contributed by atoms with Crippen LogP contribution in [0.15, 0.2) is 35.2 Å². The Morgan fingerprint density at radius 3 is 2.43 bits per heavy atom. The van der Waals surface area contributed by atoms with Crippen LogP contribution in [-0.4, -0.2) is 13.0 Å². The van der Waals surface area contributed by atoms with Gasteiger partial charge in [0.05, 0.1) is 4.90 Å². The molecule has 1 N–H and O–H groups in total. The lowest BCUT2D eigenvalue weighted by molar-refractivity contribution is 0.483. The molecule has 0 heterocycles. The van der Waals surface area contributed by atoms with Crippen LogP contribution in [0.5, 0.6) is 0 Å². The summed E-state index contributed by atoms with van der Waals surface area (Å²) in [4.78, 5) is -0.00486. The van der Waals surface area contributed by atoms with Crippen LogP contribution >= 0.6 is 0 Å². The lowest BCUT2D eigenvalue weighted by Crippen LogP contribution is -2.00. The molecule has 0 saturated carbocycles. The molecule has 0 aromatic heterocycles. The summed E-state index contributed by atoms with van der Waals surface area (Å²) in [5.74, 6) is 0. The Morgan fingerprint density at radius 2 is 1.81 bits per heavy atom. The van der Waals surface area contributed by atoms with Gasteiger partial charge in [0.2, 0.25) is 0 Å². The van der Waals surface area contributed by atoms with Gasteiger partial charge in [-0.25, -0.2) is 0 Å². The van der Waals surface area contributed by atoms with Crippen LogP contribution in [0.1, 0.15) is 44.2 Å². The fourth-order valence-corrected chi connectivity index (χ4v) is 3.18. The Hall–Kier alpha value is -1.39. The van der Waals surface area contributed by atoms with Gasteiger partial charge in [0, 0.05) is 0 Å². The van der Waals surface area contributed by atoms with Crippen LogP contribution in [0.25, 0.3) is 10.8 Å². The van der Waals surface area contributed by atoms with Crippen molar-refractivity contribution >= 4 is 20.9 Å². The van der Waals surface area contributed by atoms with Gasteiger partial charge in [-0.15, -0.1) is 0 Å². The van der Waals surface area contributed by atoms with E-state index < -0.39 is 10.1 Å².